The van der Waals surface area contributed by atoms with Gasteiger partial charge in [0.05, 0.1) is 6.10 Å². The van der Waals surface area contributed by atoms with Gasteiger partial charge in [-0.2, -0.15) is 0 Å². The van der Waals surface area contributed by atoms with Gasteiger partial charge in [-0.1, -0.05) is 53.9 Å². The second-order valence-electron chi connectivity index (χ2n) is 12.6. The molecule has 162 valence electrons. The molecule has 9 atom stereocenters. The molecule has 4 saturated carbocycles. The average Bonchev–Trinajstić information content (AvgIpc) is 2.99. The van der Waals surface area contributed by atoms with Crippen LogP contribution in [0.4, 0.5) is 0 Å². The maximum atomic E-state index is 10.3. The van der Waals surface area contributed by atoms with Gasteiger partial charge in [-0.25, -0.2) is 0 Å². The summed E-state index contributed by atoms with van der Waals surface area (Å²) in [4.78, 5) is 0. The molecule has 0 unspecified atom stereocenters. The van der Waals surface area contributed by atoms with Gasteiger partial charge in [0.2, 0.25) is 0 Å². The highest BCUT2D eigenvalue weighted by molar-refractivity contribution is 5.09. The van der Waals surface area contributed by atoms with E-state index in [1.807, 2.05) is 0 Å². The van der Waals surface area contributed by atoms with Gasteiger partial charge in [-0.05, 0) is 110 Å². The molecule has 4 aliphatic carbocycles. The summed E-state index contributed by atoms with van der Waals surface area (Å²) in [6.07, 6.45) is 16.6. The fourth-order valence-corrected chi connectivity index (χ4v) is 9.26. The molecule has 0 bridgehead atoms. The topological polar surface area (TPSA) is 20.2 Å². The molecule has 0 aliphatic heterocycles. The fourth-order valence-electron chi connectivity index (χ4n) is 9.26. The lowest BCUT2D eigenvalue weighted by molar-refractivity contribution is -0.129. The molecule has 0 aromatic carbocycles. The molecule has 0 spiro atoms. The summed E-state index contributed by atoms with van der Waals surface area (Å²) in [5, 5.41) is 10.3. The zero-order valence-corrected chi connectivity index (χ0v) is 19.6. The third kappa shape index (κ3) is 3.50. The van der Waals surface area contributed by atoms with Crippen molar-refractivity contribution in [2.24, 2.45) is 52.3 Å². The fraction of sp³-hybridized carbons (Fsp3) is 1.00. The van der Waals surface area contributed by atoms with Crippen LogP contribution in [0.25, 0.3) is 0 Å². The summed E-state index contributed by atoms with van der Waals surface area (Å²) < 4.78 is 0. The van der Waals surface area contributed by atoms with E-state index in [2.05, 4.69) is 34.6 Å². The quantitative estimate of drug-likeness (QED) is 0.518. The zero-order valence-electron chi connectivity index (χ0n) is 19.6. The van der Waals surface area contributed by atoms with Crippen LogP contribution in [-0.2, 0) is 0 Å². The Morgan fingerprint density at radius 1 is 0.821 bits per heavy atom. The van der Waals surface area contributed by atoms with Crippen molar-refractivity contribution in [3.63, 3.8) is 0 Å². The predicted molar refractivity (Wildman–Crippen MR) is 119 cm³/mol. The van der Waals surface area contributed by atoms with Crippen molar-refractivity contribution < 1.29 is 5.11 Å². The van der Waals surface area contributed by atoms with E-state index in [4.69, 9.17) is 0 Å². The highest BCUT2D eigenvalue weighted by atomic mass is 16.3. The van der Waals surface area contributed by atoms with Crippen molar-refractivity contribution in [2.45, 2.75) is 118 Å². The lowest BCUT2D eigenvalue weighted by Gasteiger charge is -2.61. The second-order valence-corrected chi connectivity index (χ2v) is 12.6. The lowest BCUT2D eigenvalue weighted by Crippen LogP contribution is -2.54. The minimum absolute atomic E-state index is 0.00830. The molecule has 4 fully saturated rings. The van der Waals surface area contributed by atoms with Crippen LogP contribution in [0.3, 0.4) is 0 Å². The van der Waals surface area contributed by atoms with Gasteiger partial charge in [0, 0.05) is 0 Å². The number of hydrogen-bond acceptors (Lipinski definition) is 1. The standard InChI is InChI=1S/C27H48O/c1-18(2)7-6-8-19(3)23-11-12-24-22-10-9-20-17-21(28)13-15-26(20,4)25(22)14-16-27(23,24)5/h18-25,28H,6-17H2,1-5H3/t19-,20+,21+,22-,23-,24+,25-,26+,27-/m1/s1. The molecule has 0 aromatic rings. The van der Waals surface area contributed by atoms with E-state index < -0.39 is 0 Å². The lowest BCUT2D eigenvalue weighted by atomic mass is 9.44. The van der Waals surface area contributed by atoms with E-state index in [0.29, 0.717) is 10.8 Å². The number of aliphatic hydroxyl groups excluding tert-OH is 1. The monoisotopic (exact) mass is 388 g/mol. The normalized spacial score (nSPS) is 49.4. The Balaban J connectivity index is 1.46. The van der Waals surface area contributed by atoms with Crippen molar-refractivity contribution in [1.29, 1.82) is 0 Å². The van der Waals surface area contributed by atoms with E-state index >= 15 is 0 Å². The number of hydrogen-bond donors (Lipinski definition) is 1. The van der Waals surface area contributed by atoms with E-state index in [1.165, 1.54) is 64.2 Å². The number of fused-ring (bicyclic) bond motifs is 5. The van der Waals surface area contributed by atoms with Crippen LogP contribution < -0.4 is 0 Å². The van der Waals surface area contributed by atoms with Crippen LogP contribution in [0.5, 0.6) is 0 Å². The van der Waals surface area contributed by atoms with Crippen LogP contribution in [-0.4, -0.2) is 11.2 Å². The van der Waals surface area contributed by atoms with Crippen LogP contribution in [0, 0.1) is 52.3 Å². The van der Waals surface area contributed by atoms with Crippen molar-refractivity contribution in [3.8, 4) is 0 Å². The molecule has 1 nitrogen and oxygen atoms in total. The number of rotatable bonds is 5. The number of aliphatic hydroxyl groups is 1. The largest absolute Gasteiger partial charge is 0.393 e. The van der Waals surface area contributed by atoms with Gasteiger partial charge in [0.15, 0.2) is 0 Å². The Morgan fingerprint density at radius 2 is 1.54 bits per heavy atom. The first-order chi connectivity index (χ1) is 13.3. The van der Waals surface area contributed by atoms with Crippen LogP contribution in [0.2, 0.25) is 0 Å². The molecule has 0 saturated heterocycles. The summed E-state index contributed by atoms with van der Waals surface area (Å²) in [6, 6.07) is 0. The van der Waals surface area contributed by atoms with E-state index in [1.54, 1.807) is 0 Å². The molecular weight excluding hydrogens is 340 g/mol. The Morgan fingerprint density at radius 3 is 2.29 bits per heavy atom. The van der Waals surface area contributed by atoms with Gasteiger partial charge in [0.1, 0.15) is 0 Å². The van der Waals surface area contributed by atoms with Crippen molar-refractivity contribution in [3.05, 3.63) is 0 Å². The summed E-state index contributed by atoms with van der Waals surface area (Å²) in [7, 11) is 0. The summed E-state index contributed by atoms with van der Waals surface area (Å²) in [6.45, 7) is 12.7. The minimum atomic E-state index is -0.00830. The Labute approximate surface area is 175 Å². The molecular formula is C27H48O. The van der Waals surface area contributed by atoms with E-state index in [0.717, 1.165) is 54.3 Å². The molecule has 1 N–H and O–H groups in total. The SMILES string of the molecule is CC(C)CCC[C@@H](C)[C@H]1CC[C@H]2[C@H]3CC[C@H]4C[C@@H](O)CC[C@]4(C)[C@@H]3CC[C@]12C. The molecule has 28 heavy (non-hydrogen) atoms. The molecule has 4 rings (SSSR count). The van der Waals surface area contributed by atoms with Crippen LogP contribution >= 0.6 is 0 Å². The van der Waals surface area contributed by atoms with Crippen molar-refractivity contribution >= 4 is 0 Å². The maximum absolute atomic E-state index is 10.3. The first-order valence-electron chi connectivity index (χ1n) is 12.9. The van der Waals surface area contributed by atoms with E-state index in [9.17, 15) is 5.11 Å². The molecule has 0 amide bonds. The van der Waals surface area contributed by atoms with Gasteiger partial charge < -0.3 is 5.11 Å². The first-order valence-corrected chi connectivity index (χ1v) is 12.9. The highest BCUT2D eigenvalue weighted by Crippen LogP contribution is 2.68. The smallest absolute Gasteiger partial charge is 0.0543 e. The Kier molecular flexibility index (Phi) is 5.98. The third-order valence-electron chi connectivity index (χ3n) is 10.8. The van der Waals surface area contributed by atoms with Crippen molar-refractivity contribution in [2.75, 3.05) is 0 Å². The molecule has 0 aromatic heterocycles. The van der Waals surface area contributed by atoms with Crippen LogP contribution in [0.1, 0.15) is 112 Å². The molecule has 4 aliphatic rings. The van der Waals surface area contributed by atoms with E-state index in [-0.39, 0.29) is 6.10 Å². The summed E-state index contributed by atoms with van der Waals surface area (Å²) in [5.74, 6) is 6.49. The first kappa shape index (κ1) is 21.2. The minimum Gasteiger partial charge on any atom is -0.393 e. The maximum Gasteiger partial charge on any atom is 0.0543 e. The molecule has 0 radical (unpaired) electrons. The van der Waals surface area contributed by atoms with Gasteiger partial charge in [-0.3, -0.25) is 0 Å². The second kappa shape index (κ2) is 7.90. The average molecular weight is 389 g/mol. The van der Waals surface area contributed by atoms with Gasteiger partial charge in [-0.15, -0.1) is 0 Å². The van der Waals surface area contributed by atoms with Crippen molar-refractivity contribution in [1.82, 2.24) is 0 Å². The van der Waals surface area contributed by atoms with Crippen LogP contribution in [0.15, 0.2) is 0 Å². The summed E-state index contributed by atoms with van der Waals surface area (Å²) >= 11 is 0. The van der Waals surface area contributed by atoms with Gasteiger partial charge >= 0.3 is 0 Å². The predicted octanol–water partition coefficient (Wildman–Crippen LogP) is 7.47. The molecule has 1 heteroatoms. The Bertz CT molecular complexity index is 540. The summed E-state index contributed by atoms with van der Waals surface area (Å²) in [5.41, 5.74) is 1.15. The molecule has 0 heterocycles. The zero-order chi connectivity index (χ0) is 20.1. The highest BCUT2D eigenvalue weighted by Gasteiger charge is 2.60. The Hall–Kier alpha value is -0.0400. The van der Waals surface area contributed by atoms with Gasteiger partial charge in [0.25, 0.3) is 0 Å². The third-order valence-corrected chi connectivity index (χ3v) is 10.8.